The number of benzene rings is 1. The van der Waals surface area contributed by atoms with Crippen LogP contribution < -0.4 is 5.32 Å². The van der Waals surface area contributed by atoms with E-state index in [1.807, 2.05) is 13.8 Å². The molecule has 0 aromatic heterocycles. The number of nitrogens with one attached hydrogen (secondary N) is 1. The smallest absolute Gasteiger partial charge is 0.309 e. The maximum absolute atomic E-state index is 13.4. The van der Waals surface area contributed by atoms with Crippen molar-refractivity contribution in [3.63, 3.8) is 0 Å². The number of carbonyl (C=O) groups is 1. The highest BCUT2D eigenvalue weighted by molar-refractivity contribution is 14.0. The molecule has 0 amide bonds. The Morgan fingerprint density at radius 2 is 2.08 bits per heavy atom. The zero-order chi connectivity index (χ0) is 18.2. The molecule has 0 atom stereocenters. The lowest BCUT2D eigenvalue weighted by atomic mass is 9.97. The topological polar surface area (TPSA) is 53.9 Å². The van der Waals surface area contributed by atoms with E-state index in [0.717, 1.165) is 48.5 Å². The Morgan fingerprint density at radius 3 is 2.69 bits per heavy atom. The predicted molar refractivity (Wildman–Crippen MR) is 115 cm³/mol. The van der Waals surface area contributed by atoms with E-state index in [1.54, 1.807) is 6.07 Å². The van der Waals surface area contributed by atoms with Crippen molar-refractivity contribution in [2.24, 2.45) is 10.9 Å². The molecule has 0 saturated carbocycles. The Balaban J connectivity index is 0.00000338. The largest absolute Gasteiger partial charge is 0.466 e. The number of aliphatic imine (C=N–C) groups is 1. The molecular weight excluding hydrogens is 516 g/mol. The van der Waals surface area contributed by atoms with Crippen LogP contribution in [0.3, 0.4) is 0 Å². The summed E-state index contributed by atoms with van der Waals surface area (Å²) in [5.74, 6) is 0.388. The molecule has 8 heteroatoms. The molecule has 1 aliphatic rings. The molecule has 5 nitrogen and oxygen atoms in total. The zero-order valence-corrected chi connectivity index (χ0v) is 19.1. The van der Waals surface area contributed by atoms with Gasteiger partial charge in [0.25, 0.3) is 0 Å². The van der Waals surface area contributed by atoms with Crippen molar-refractivity contribution in [1.82, 2.24) is 10.2 Å². The van der Waals surface area contributed by atoms with Crippen LogP contribution in [0.1, 0.15) is 32.3 Å². The summed E-state index contributed by atoms with van der Waals surface area (Å²) in [5, 5.41) is 3.28. The van der Waals surface area contributed by atoms with Gasteiger partial charge in [0, 0.05) is 24.1 Å². The summed E-state index contributed by atoms with van der Waals surface area (Å²) < 4.78 is 19.4. The quantitative estimate of drug-likeness (QED) is 0.265. The van der Waals surface area contributed by atoms with Gasteiger partial charge in [0.05, 0.1) is 19.1 Å². The Hall–Kier alpha value is -0.900. The average Bonchev–Trinajstić information content (AvgIpc) is 2.61. The minimum Gasteiger partial charge on any atom is -0.466 e. The van der Waals surface area contributed by atoms with Crippen LogP contribution in [0.25, 0.3) is 0 Å². The second kappa shape index (κ2) is 11.7. The van der Waals surface area contributed by atoms with Gasteiger partial charge < -0.3 is 15.0 Å². The van der Waals surface area contributed by atoms with Gasteiger partial charge in [0.15, 0.2) is 5.96 Å². The Morgan fingerprint density at radius 1 is 1.38 bits per heavy atom. The summed E-state index contributed by atoms with van der Waals surface area (Å²) in [4.78, 5) is 18.6. The molecule has 1 heterocycles. The molecule has 0 aliphatic carbocycles. The van der Waals surface area contributed by atoms with E-state index < -0.39 is 0 Å². The molecule has 2 rings (SSSR count). The van der Waals surface area contributed by atoms with Gasteiger partial charge in [0.1, 0.15) is 5.82 Å². The fourth-order valence-corrected chi connectivity index (χ4v) is 3.21. The monoisotopic (exact) mass is 541 g/mol. The van der Waals surface area contributed by atoms with E-state index in [4.69, 9.17) is 4.74 Å². The fraction of sp³-hybridized carbons (Fsp3) is 0.556. The van der Waals surface area contributed by atoms with Crippen LogP contribution in [-0.2, 0) is 16.1 Å². The van der Waals surface area contributed by atoms with Crippen molar-refractivity contribution >= 4 is 51.8 Å². The first-order valence-corrected chi connectivity index (χ1v) is 9.48. The van der Waals surface area contributed by atoms with E-state index in [2.05, 4.69) is 31.1 Å². The van der Waals surface area contributed by atoms with Gasteiger partial charge in [0.2, 0.25) is 0 Å². The van der Waals surface area contributed by atoms with Crippen molar-refractivity contribution in [3.05, 3.63) is 34.1 Å². The third-order valence-corrected chi connectivity index (χ3v) is 4.93. The van der Waals surface area contributed by atoms with Crippen LogP contribution >= 0.6 is 39.9 Å². The fourth-order valence-electron chi connectivity index (χ4n) is 2.84. The van der Waals surface area contributed by atoms with Crippen molar-refractivity contribution < 1.29 is 13.9 Å². The maximum atomic E-state index is 13.4. The van der Waals surface area contributed by atoms with Crippen LogP contribution in [0.4, 0.5) is 4.39 Å². The van der Waals surface area contributed by atoms with Gasteiger partial charge in [-0.25, -0.2) is 9.38 Å². The first-order valence-electron chi connectivity index (χ1n) is 8.69. The molecule has 1 saturated heterocycles. The number of hydrogen-bond acceptors (Lipinski definition) is 3. The highest BCUT2D eigenvalue weighted by Gasteiger charge is 2.27. The number of ether oxygens (including phenoxy) is 1. The minimum atomic E-state index is -0.270. The van der Waals surface area contributed by atoms with Gasteiger partial charge in [-0.15, -0.1) is 24.0 Å². The molecule has 0 spiro atoms. The van der Waals surface area contributed by atoms with Crippen LogP contribution in [0.15, 0.2) is 27.7 Å². The lowest BCUT2D eigenvalue weighted by Gasteiger charge is -2.33. The molecule has 1 aliphatic heterocycles. The Labute approximate surface area is 179 Å². The molecule has 0 unspecified atom stereocenters. The maximum Gasteiger partial charge on any atom is 0.309 e. The summed E-state index contributed by atoms with van der Waals surface area (Å²) in [7, 11) is 0. The van der Waals surface area contributed by atoms with Crippen molar-refractivity contribution in [2.75, 3.05) is 26.2 Å². The average molecular weight is 542 g/mol. The molecule has 0 bridgehead atoms. The number of guanidine groups is 1. The van der Waals surface area contributed by atoms with Crippen molar-refractivity contribution in [3.8, 4) is 0 Å². The number of esters is 1. The molecule has 146 valence electrons. The Kier molecular flexibility index (Phi) is 10.4. The van der Waals surface area contributed by atoms with E-state index in [-0.39, 0.29) is 41.7 Å². The summed E-state index contributed by atoms with van der Waals surface area (Å²) in [6.45, 7) is 6.90. The number of hydrogen-bond donors (Lipinski definition) is 1. The Bertz CT molecular complexity index is 622. The lowest BCUT2D eigenvalue weighted by Crippen LogP contribution is -2.46. The van der Waals surface area contributed by atoms with Gasteiger partial charge in [-0.2, -0.15) is 0 Å². The minimum absolute atomic E-state index is 0. The number of carbonyl (C=O) groups excluding carboxylic acids is 1. The summed E-state index contributed by atoms with van der Waals surface area (Å²) in [5.41, 5.74) is 0.803. The number of halogens is 3. The van der Waals surface area contributed by atoms with Crippen LogP contribution in [0.2, 0.25) is 0 Å². The molecule has 0 radical (unpaired) electrons. The summed E-state index contributed by atoms with van der Waals surface area (Å²) in [6, 6.07) is 4.60. The number of nitrogens with zero attached hydrogens (tertiary/aromatic N) is 2. The second-order valence-electron chi connectivity index (χ2n) is 5.92. The van der Waals surface area contributed by atoms with Crippen molar-refractivity contribution in [2.45, 2.75) is 33.2 Å². The number of likely N-dealkylation sites (tertiary alicyclic amines) is 1. The first-order chi connectivity index (χ1) is 12.0. The van der Waals surface area contributed by atoms with Gasteiger partial charge in [-0.05, 0) is 50.5 Å². The summed E-state index contributed by atoms with van der Waals surface area (Å²) in [6.07, 6.45) is 1.51. The highest BCUT2D eigenvalue weighted by Crippen LogP contribution is 2.21. The molecule has 1 N–H and O–H groups in total. The number of rotatable bonds is 5. The van der Waals surface area contributed by atoms with E-state index in [1.165, 1.54) is 12.1 Å². The first kappa shape index (κ1) is 23.1. The van der Waals surface area contributed by atoms with E-state index in [9.17, 15) is 9.18 Å². The van der Waals surface area contributed by atoms with E-state index in [0.29, 0.717) is 13.2 Å². The highest BCUT2D eigenvalue weighted by atomic mass is 127. The SMILES string of the molecule is CCNC(=NCc1cc(F)ccc1Br)N1CCC(C(=O)OCC)CC1.I. The molecule has 1 aromatic carbocycles. The summed E-state index contributed by atoms with van der Waals surface area (Å²) >= 11 is 3.43. The van der Waals surface area contributed by atoms with Gasteiger partial charge in [-0.1, -0.05) is 15.9 Å². The van der Waals surface area contributed by atoms with Crippen LogP contribution in [-0.4, -0.2) is 43.1 Å². The van der Waals surface area contributed by atoms with Crippen LogP contribution in [0.5, 0.6) is 0 Å². The lowest BCUT2D eigenvalue weighted by molar-refractivity contribution is -0.149. The third-order valence-electron chi connectivity index (χ3n) is 4.16. The van der Waals surface area contributed by atoms with Gasteiger partial charge >= 0.3 is 5.97 Å². The zero-order valence-electron chi connectivity index (χ0n) is 15.1. The molecular formula is C18H26BrFIN3O2. The van der Waals surface area contributed by atoms with E-state index >= 15 is 0 Å². The predicted octanol–water partition coefficient (Wildman–Crippen LogP) is 3.95. The number of piperidine rings is 1. The molecule has 26 heavy (non-hydrogen) atoms. The van der Waals surface area contributed by atoms with Crippen molar-refractivity contribution in [1.29, 1.82) is 0 Å². The van der Waals surface area contributed by atoms with Crippen LogP contribution in [0, 0.1) is 11.7 Å². The molecule has 1 fully saturated rings. The third kappa shape index (κ3) is 6.68. The normalized spacial score (nSPS) is 15.4. The second-order valence-corrected chi connectivity index (χ2v) is 6.77. The van der Waals surface area contributed by atoms with Gasteiger partial charge in [-0.3, -0.25) is 4.79 Å². The standard InChI is InChI=1S/C18H25BrFN3O2.HI/c1-3-21-18(22-12-14-11-15(20)5-6-16(14)19)23-9-7-13(8-10-23)17(24)25-4-2;/h5-6,11,13H,3-4,7-10,12H2,1-2H3,(H,21,22);1H. The molecule has 1 aromatic rings.